The highest BCUT2D eigenvalue weighted by molar-refractivity contribution is 6.22. The van der Waals surface area contributed by atoms with Crippen molar-refractivity contribution >= 4 is 43.4 Å². The molecule has 0 N–H and O–H groups in total. The van der Waals surface area contributed by atoms with Crippen LogP contribution in [0.4, 0.5) is 0 Å². The Hall–Kier alpha value is -5.92. The number of hydrogen-bond acceptors (Lipinski definition) is 0. The number of hydrogen-bond donors (Lipinski definition) is 0. The van der Waals surface area contributed by atoms with Gasteiger partial charge in [-0.2, -0.15) is 0 Å². The van der Waals surface area contributed by atoms with E-state index in [9.17, 15) is 0 Å². The lowest BCUT2D eigenvalue weighted by atomic mass is 9.82. The molecular formula is C47H34N-. The van der Waals surface area contributed by atoms with Gasteiger partial charge in [-0.1, -0.05) is 141 Å². The monoisotopic (exact) mass is 614 g/mol. The highest BCUT2D eigenvalue weighted by Crippen LogP contribution is 2.51. The molecule has 0 bridgehead atoms. The van der Waals surface area contributed by atoms with Crippen molar-refractivity contribution in [1.29, 1.82) is 0 Å². The Morgan fingerprint density at radius 2 is 0.938 bits per heavy atom. The molecule has 1 heteroatoms. The molecule has 1 heterocycles. The second kappa shape index (κ2) is 10.0. The Kier molecular flexibility index (Phi) is 5.69. The first-order valence-electron chi connectivity index (χ1n) is 16.9. The minimum Gasteiger partial charge on any atom is -1.00 e. The van der Waals surface area contributed by atoms with E-state index in [0.717, 1.165) is 0 Å². The molecular weight excluding hydrogens is 579 g/mol. The van der Waals surface area contributed by atoms with Gasteiger partial charge in [0.2, 0.25) is 0 Å². The van der Waals surface area contributed by atoms with Gasteiger partial charge in [-0.3, -0.25) is 0 Å². The summed E-state index contributed by atoms with van der Waals surface area (Å²) in [7, 11) is 0. The molecule has 0 amide bonds. The van der Waals surface area contributed by atoms with Crippen LogP contribution in [0, 0.1) is 0 Å². The quantitative estimate of drug-likeness (QED) is 0.175. The summed E-state index contributed by atoms with van der Waals surface area (Å²) >= 11 is 0. The Bertz CT molecular complexity index is 2680. The van der Waals surface area contributed by atoms with Gasteiger partial charge in [-0.05, 0) is 102 Å². The Labute approximate surface area is 281 Å². The zero-order valence-electron chi connectivity index (χ0n) is 28.0. The predicted octanol–water partition coefficient (Wildman–Crippen LogP) is 12.8. The van der Waals surface area contributed by atoms with E-state index in [4.69, 9.17) is 0 Å². The van der Waals surface area contributed by atoms with Crippen molar-refractivity contribution in [2.75, 3.05) is 0 Å². The summed E-state index contributed by atoms with van der Waals surface area (Å²) in [6.07, 6.45) is 0. The van der Waals surface area contributed by atoms with E-state index in [1.54, 1.807) is 0 Å². The van der Waals surface area contributed by atoms with Crippen LogP contribution >= 0.6 is 0 Å². The third kappa shape index (κ3) is 3.73. The third-order valence-electron chi connectivity index (χ3n) is 10.8. The normalized spacial score (nSPS) is 13.4. The average molecular weight is 615 g/mol. The number of benzene rings is 8. The molecule has 1 aliphatic rings. The summed E-state index contributed by atoms with van der Waals surface area (Å²) < 4.78 is 2.46. The van der Waals surface area contributed by atoms with E-state index in [1.165, 1.54) is 93.5 Å². The maximum absolute atomic E-state index is 2.47. The van der Waals surface area contributed by atoms with Crippen molar-refractivity contribution in [1.82, 2.24) is 4.57 Å². The first-order chi connectivity index (χ1) is 23.6. The van der Waals surface area contributed by atoms with Gasteiger partial charge in [-0.15, -0.1) is 0 Å². The molecule has 48 heavy (non-hydrogen) atoms. The molecule has 0 spiro atoms. The largest absolute Gasteiger partial charge is 1.00 e. The Balaban J connectivity index is 0.00000325. The van der Waals surface area contributed by atoms with Crippen LogP contribution in [0.1, 0.15) is 26.4 Å². The SMILES string of the molecule is CC1(C)c2ccccc2-c2cc3c4cc(-c5c6ccccc6c(-c6ccccc6)c6ccccc56)ccc4n(-c4ccccc4)c3cc21.[3H-]. The first kappa shape index (κ1) is 27.2. The summed E-state index contributed by atoms with van der Waals surface area (Å²) in [5, 5.41) is 7.67. The van der Waals surface area contributed by atoms with Crippen LogP contribution in [0.3, 0.4) is 0 Å². The Morgan fingerprint density at radius 3 is 1.60 bits per heavy atom. The molecule has 1 aromatic heterocycles. The molecule has 0 aliphatic heterocycles. The number of rotatable bonds is 3. The van der Waals surface area contributed by atoms with Crippen LogP contribution in [0.5, 0.6) is 0 Å². The van der Waals surface area contributed by atoms with Gasteiger partial charge in [0.05, 0.1) is 11.0 Å². The van der Waals surface area contributed by atoms with Gasteiger partial charge in [0.25, 0.3) is 0 Å². The van der Waals surface area contributed by atoms with Gasteiger partial charge in [0.1, 0.15) is 0 Å². The number of aromatic nitrogens is 1. The topological polar surface area (TPSA) is 4.93 Å². The molecule has 10 rings (SSSR count). The highest BCUT2D eigenvalue weighted by Gasteiger charge is 2.36. The predicted molar refractivity (Wildman–Crippen MR) is 205 cm³/mol. The van der Waals surface area contributed by atoms with Crippen LogP contribution < -0.4 is 0 Å². The van der Waals surface area contributed by atoms with Crippen molar-refractivity contribution in [3.8, 4) is 39.1 Å². The number of nitrogens with zero attached hydrogens (tertiary/aromatic N) is 1. The summed E-state index contributed by atoms with van der Waals surface area (Å²) in [6, 6.07) is 60.6. The van der Waals surface area contributed by atoms with Gasteiger partial charge in [0, 0.05) is 21.9 Å². The second-order valence-electron chi connectivity index (χ2n) is 13.7. The minimum atomic E-state index is -0.0679. The zero-order chi connectivity index (χ0) is 32.0. The molecule has 1 aliphatic carbocycles. The maximum Gasteiger partial charge on any atom is 0.0544 e. The maximum atomic E-state index is 2.47. The van der Waals surface area contributed by atoms with Gasteiger partial charge >= 0.3 is 0 Å². The van der Waals surface area contributed by atoms with Crippen LogP contribution in [0.15, 0.2) is 164 Å². The van der Waals surface area contributed by atoms with E-state index in [-0.39, 0.29) is 6.84 Å². The fourth-order valence-corrected chi connectivity index (χ4v) is 8.58. The molecule has 0 fully saturated rings. The van der Waals surface area contributed by atoms with Crippen molar-refractivity contribution in [3.05, 3.63) is 175 Å². The third-order valence-corrected chi connectivity index (χ3v) is 10.8. The average Bonchev–Trinajstić information content (AvgIpc) is 3.57. The van der Waals surface area contributed by atoms with E-state index in [1.807, 2.05) is 0 Å². The lowest BCUT2D eigenvalue weighted by Gasteiger charge is -2.21. The highest BCUT2D eigenvalue weighted by atomic mass is 15.0. The lowest BCUT2D eigenvalue weighted by Crippen LogP contribution is -2.14. The standard InChI is InChI=1S/C47H33N.H/c1-47(2)41-24-14-13-19-33(41)38-28-40-39-27-31(25-26-43(39)48(44(40)29-42(38)47)32-17-7-4-8-18-32)46-36-22-11-9-20-34(36)45(30-15-5-3-6-16-30)35-21-10-12-23-37(35)46;/h3-29H,1-2H3;/q;-1/i;1+2. The second-order valence-corrected chi connectivity index (χ2v) is 13.7. The van der Waals surface area contributed by atoms with Crippen LogP contribution in [-0.4, -0.2) is 4.57 Å². The van der Waals surface area contributed by atoms with Gasteiger partial charge < -0.3 is 5.99 Å². The van der Waals surface area contributed by atoms with E-state index >= 15 is 0 Å². The molecule has 1 nitrogen and oxygen atoms in total. The smallest absolute Gasteiger partial charge is 0.0544 e. The fourth-order valence-electron chi connectivity index (χ4n) is 8.58. The fraction of sp³-hybridized carbons (Fsp3) is 0.0638. The molecule has 0 radical (unpaired) electrons. The van der Waals surface area contributed by atoms with E-state index < -0.39 is 0 Å². The van der Waals surface area contributed by atoms with Crippen molar-refractivity contribution in [2.24, 2.45) is 0 Å². The summed E-state index contributed by atoms with van der Waals surface area (Å²) in [5.41, 5.74) is 14.2. The van der Waals surface area contributed by atoms with Gasteiger partial charge in [0.15, 0.2) is 0 Å². The van der Waals surface area contributed by atoms with E-state index in [0.29, 0.717) is 0 Å². The molecule has 8 aromatic carbocycles. The molecule has 0 saturated carbocycles. The van der Waals surface area contributed by atoms with Crippen molar-refractivity contribution < 1.29 is 1.43 Å². The summed E-state index contributed by atoms with van der Waals surface area (Å²) in [4.78, 5) is 0. The van der Waals surface area contributed by atoms with E-state index in [2.05, 4.69) is 182 Å². The van der Waals surface area contributed by atoms with Crippen LogP contribution in [0.2, 0.25) is 0 Å². The van der Waals surface area contributed by atoms with Crippen LogP contribution in [-0.2, 0) is 5.41 Å². The zero-order valence-corrected chi connectivity index (χ0v) is 27.0. The summed E-state index contributed by atoms with van der Waals surface area (Å²) in [6.45, 7) is 4.74. The van der Waals surface area contributed by atoms with Gasteiger partial charge in [-0.25, -0.2) is 0 Å². The molecule has 0 atom stereocenters. The molecule has 0 unspecified atom stereocenters. The number of fused-ring (bicyclic) bond motifs is 8. The molecule has 0 saturated heterocycles. The van der Waals surface area contributed by atoms with Crippen molar-refractivity contribution in [2.45, 2.75) is 19.3 Å². The van der Waals surface area contributed by atoms with Crippen LogP contribution in [0.25, 0.3) is 82.4 Å². The molecule has 9 aromatic rings. The van der Waals surface area contributed by atoms with Crippen molar-refractivity contribution in [3.63, 3.8) is 0 Å². The summed E-state index contributed by atoms with van der Waals surface area (Å²) in [5.74, 6) is 0. The molecule has 228 valence electrons. The Morgan fingerprint density at radius 1 is 0.396 bits per heavy atom. The lowest BCUT2D eigenvalue weighted by molar-refractivity contribution is 0.661. The first-order valence-corrected chi connectivity index (χ1v) is 16.9. The number of para-hydroxylation sites is 1. The minimum absolute atomic E-state index is 0.